The molecule has 2 aromatic rings. The SMILES string of the molecule is Cn1c(N2CC[C@H](O)C2)nc2cc(C(=O)NCCCN3CCCC3)ccc21. The quantitative estimate of drug-likeness (QED) is 0.750. The molecule has 0 radical (unpaired) electrons. The number of aliphatic hydroxyl groups is 1. The molecule has 2 N–H and O–H groups in total. The van der Waals surface area contributed by atoms with Crippen LogP contribution in [-0.4, -0.2) is 70.8 Å². The van der Waals surface area contributed by atoms with Gasteiger partial charge in [0.2, 0.25) is 5.95 Å². The molecule has 2 fully saturated rings. The van der Waals surface area contributed by atoms with Gasteiger partial charge in [-0.15, -0.1) is 0 Å². The van der Waals surface area contributed by atoms with Crippen LogP contribution in [0.15, 0.2) is 18.2 Å². The van der Waals surface area contributed by atoms with Gasteiger partial charge < -0.3 is 24.8 Å². The van der Waals surface area contributed by atoms with Crippen molar-refractivity contribution in [1.29, 1.82) is 0 Å². The van der Waals surface area contributed by atoms with Crippen molar-refractivity contribution in [3.05, 3.63) is 23.8 Å². The van der Waals surface area contributed by atoms with Crippen LogP contribution in [0.2, 0.25) is 0 Å². The van der Waals surface area contributed by atoms with E-state index in [1.807, 2.05) is 29.8 Å². The topological polar surface area (TPSA) is 73.6 Å². The summed E-state index contributed by atoms with van der Waals surface area (Å²) in [5, 5.41) is 12.8. The number of hydrogen-bond donors (Lipinski definition) is 2. The van der Waals surface area contributed by atoms with Gasteiger partial charge in [-0.25, -0.2) is 4.98 Å². The van der Waals surface area contributed by atoms with Crippen molar-refractivity contribution in [3.8, 4) is 0 Å². The number of carbonyl (C=O) groups is 1. The summed E-state index contributed by atoms with van der Waals surface area (Å²) in [7, 11) is 1.98. The highest BCUT2D eigenvalue weighted by Gasteiger charge is 2.24. The van der Waals surface area contributed by atoms with Crippen LogP contribution < -0.4 is 10.2 Å². The number of aliphatic hydroxyl groups excluding tert-OH is 1. The number of carbonyl (C=O) groups excluding carboxylic acids is 1. The fourth-order valence-electron chi connectivity index (χ4n) is 4.15. The Balaban J connectivity index is 1.39. The Bertz CT molecular complexity index is 812. The fourth-order valence-corrected chi connectivity index (χ4v) is 4.15. The number of likely N-dealkylation sites (tertiary alicyclic amines) is 1. The molecule has 1 amide bonds. The lowest BCUT2D eigenvalue weighted by Crippen LogP contribution is -2.28. The van der Waals surface area contributed by atoms with E-state index in [0.29, 0.717) is 18.7 Å². The number of amides is 1. The van der Waals surface area contributed by atoms with Crippen molar-refractivity contribution in [2.75, 3.05) is 44.2 Å². The number of imidazole rings is 1. The first-order valence-electron chi connectivity index (χ1n) is 10.0. The van der Waals surface area contributed by atoms with Gasteiger partial charge in [0, 0.05) is 32.2 Å². The van der Waals surface area contributed by atoms with Crippen LogP contribution in [0, 0.1) is 0 Å². The van der Waals surface area contributed by atoms with Crippen molar-refractivity contribution >= 4 is 22.9 Å². The number of β-amino-alcohol motifs (C(OH)–C–C–N with tert-alkyl or cyclic N) is 1. The van der Waals surface area contributed by atoms with E-state index in [0.717, 1.165) is 42.9 Å². The normalized spacial score (nSPS) is 20.7. The summed E-state index contributed by atoms with van der Waals surface area (Å²) in [4.78, 5) is 21.7. The van der Waals surface area contributed by atoms with Gasteiger partial charge >= 0.3 is 0 Å². The number of benzene rings is 1. The third-order valence-electron chi connectivity index (χ3n) is 5.70. The molecular formula is C20H29N5O2. The Morgan fingerprint density at radius 2 is 2.11 bits per heavy atom. The summed E-state index contributed by atoms with van der Waals surface area (Å²) in [6.07, 6.45) is 4.07. The van der Waals surface area contributed by atoms with E-state index in [1.165, 1.54) is 25.9 Å². The fraction of sp³-hybridized carbons (Fsp3) is 0.600. The maximum Gasteiger partial charge on any atom is 0.251 e. The molecule has 4 rings (SSSR count). The maximum atomic E-state index is 12.5. The van der Waals surface area contributed by atoms with Crippen LogP contribution in [0.5, 0.6) is 0 Å². The summed E-state index contributed by atoms with van der Waals surface area (Å²) >= 11 is 0. The zero-order chi connectivity index (χ0) is 18.8. The van der Waals surface area contributed by atoms with Crippen LogP contribution in [-0.2, 0) is 7.05 Å². The lowest BCUT2D eigenvalue weighted by molar-refractivity contribution is 0.0952. The average Bonchev–Trinajstić information content (AvgIpc) is 3.39. The Morgan fingerprint density at radius 1 is 1.30 bits per heavy atom. The minimum Gasteiger partial charge on any atom is -0.391 e. The number of aromatic nitrogens is 2. The Labute approximate surface area is 160 Å². The van der Waals surface area contributed by atoms with Crippen molar-refractivity contribution in [3.63, 3.8) is 0 Å². The first-order chi connectivity index (χ1) is 13.1. The predicted molar refractivity (Wildman–Crippen MR) is 106 cm³/mol. The standard InChI is InChI=1S/C20H29N5O2/c1-23-18-6-5-15(19(27)21-8-4-11-24-9-2-3-10-24)13-17(18)22-20(23)25-12-7-16(26)14-25/h5-6,13,16,26H,2-4,7-12,14H2,1H3,(H,21,27)/t16-/m0/s1. The molecule has 7 heteroatoms. The number of rotatable bonds is 6. The summed E-state index contributed by atoms with van der Waals surface area (Å²) in [5.41, 5.74) is 2.46. The van der Waals surface area contributed by atoms with E-state index >= 15 is 0 Å². The molecule has 2 aliphatic rings. The molecule has 0 unspecified atom stereocenters. The number of nitrogens with zero attached hydrogens (tertiary/aromatic N) is 4. The zero-order valence-electron chi connectivity index (χ0n) is 16.0. The van der Waals surface area contributed by atoms with E-state index in [2.05, 4.69) is 15.1 Å². The van der Waals surface area contributed by atoms with Gasteiger partial charge in [0.15, 0.2) is 0 Å². The summed E-state index contributed by atoms with van der Waals surface area (Å²) < 4.78 is 2.03. The van der Waals surface area contributed by atoms with Crippen LogP contribution in [0.25, 0.3) is 11.0 Å². The van der Waals surface area contributed by atoms with Crippen molar-refractivity contribution in [1.82, 2.24) is 19.8 Å². The van der Waals surface area contributed by atoms with E-state index in [-0.39, 0.29) is 12.0 Å². The largest absolute Gasteiger partial charge is 0.391 e. The third-order valence-corrected chi connectivity index (χ3v) is 5.70. The monoisotopic (exact) mass is 371 g/mol. The lowest BCUT2D eigenvalue weighted by atomic mass is 10.2. The van der Waals surface area contributed by atoms with E-state index in [9.17, 15) is 9.90 Å². The molecule has 0 bridgehead atoms. The molecule has 27 heavy (non-hydrogen) atoms. The van der Waals surface area contributed by atoms with Gasteiger partial charge in [-0.2, -0.15) is 0 Å². The molecule has 1 aromatic heterocycles. The average molecular weight is 371 g/mol. The molecular weight excluding hydrogens is 342 g/mol. The minimum absolute atomic E-state index is 0.0397. The second kappa shape index (κ2) is 7.86. The third kappa shape index (κ3) is 3.94. The van der Waals surface area contributed by atoms with E-state index in [4.69, 9.17) is 4.98 Å². The Hall–Kier alpha value is -2.12. The van der Waals surface area contributed by atoms with Crippen LogP contribution >= 0.6 is 0 Å². The van der Waals surface area contributed by atoms with Gasteiger partial charge in [-0.05, 0) is 63.5 Å². The molecule has 7 nitrogen and oxygen atoms in total. The summed E-state index contributed by atoms with van der Waals surface area (Å²) in [5.74, 6) is 0.812. The Morgan fingerprint density at radius 3 is 2.85 bits per heavy atom. The smallest absolute Gasteiger partial charge is 0.251 e. The minimum atomic E-state index is -0.285. The zero-order valence-corrected chi connectivity index (χ0v) is 16.0. The number of anilines is 1. The van der Waals surface area contributed by atoms with Crippen LogP contribution in [0.4, 0.5) is 5.95 Å². The molecule has 1 atom stereocenters. The van der Waals surface area contributed by atoms with Crippen LogP contribution in [0.3, 0.4) is 0 Å². The Kier molecular flexibility index (Phi) is 5.31. The highest BCUT2D eigenvalue weighted by atomic mass is 16.3. The first kappa shape index (κ1) is 18.3. The van der Waals surface area contributed by atoms with Crippen molar-refractivity contribution in [2.24, 2.45) is 7.05 Å². The highest BCUT2D eigenvalue weighted by molar-refractivity contribution is 5.97. The molecule has 146 valence electrons. The second-order valence-electron chi connectivity index (χ2n) is 7.72. The molecule has 0 saturated carbocycles. The highest BCUT2D eigenvalue weighted by Crippen LogP contribution is 2.25. The summed E-state index contributed by atoms with van der Waals surface area (Å²) in [6.45, 7) is 5.57. The van der Waals surface area contributed by atoms with Gasteiger partial charge in [-0.3, -0.25) is 4.79 Å². The number of nitrogens with one attached hydrogen (secondary N) is 1. The first-order valence-corrected chi connectivity index (χ1v) is 10.0. The lowest BCUT2D eigenvalue weighted by Gasteiger charge is -2.16. The maximum absolute atomic E-state index is 12.5. The molecule has 0 spiro atoms. The molecule has 2 saturated heterocycles. The van der Waals surface area contributed by atoms with E-state index in [1.54, 1.807) is 0 Å². The molecule has 3 heterocycles. The molecule has 0 aliphatic carbocycles. The van der Waals surface area contributed by atoms with Crippen molar-refractivity contribution in [2.45, 2.75) is 31.8 Å². The molecule has 1 aromatic carbocycles. The van der Waals surface area contributed by atoms with Gasteiger partial charge in [-0.1, -0.05) is 0 Å². The van der Waals surface area contributed by atoms with Gasteiger partial charge in [0.1, 0.15) is 0 Å². The van der Waals surface area contributed by atoms with Crippen LogP contribution in [0.1, 0.15) is 36.0 Å². The summed E-state index contributed by atoms with van der Waals surface area (Å²) in [6, 6.07) is 5.68. The molecule has 2 aliphatic heterocycles. The van der Waals surface area contributed by atoms with Gasteiger partial charge in [0.25, 0.3) is 5.91 Å². The predicted octanol–water partition coefficient (Wildman–Crippen LogP) is 1.36. The van der Waals surface area contributed by atoms with E-state index < -0.39 is 0 Å². The number of fused-ring (bicyclic) bond motifs is 1. The second-order valence-corrected chi connectivity index (χ2v) is 7.72. The van der Waals surface area contributed by atoms with Gasteiger partial charge in [0.05, 0.1) is 17.1 Å². The number of hydrogen-bond acceptors (Lipinski definition) is 5. The number of aryl methyl sites for hydroxylation is 1. The van der Waals surface area contributed by atoms with Crippen molar-refractivity contribution < 1.29 is 9.90 Å².